The summed E-state index contributed by atoms with van der Waals surface area (Å²) in [6.45, 7) is 3.46. The monoisotopic (exact) mass is 323 g/mol. The number of hydrogen-bond donors (Lipinski definition) is 1. The van der Waals surface area contributed by atoms with Gasteiger partial charge in [0.15, 0.2) is 0 Å². The summed E-state index contributed by atoms with van der Waals surface area (Å²) in [6.07, 6.45) is 5.84. The minimum absolute atomic E-state index is 0.0994. The number of fused-ring (bicyclic) bond motifs is 1. The van der Waals surface area contributed by atoms with E-state index in [4.69, 9.17) is 0 Å². The van der Waals surface area contributed by atoms with Crippen molar-refractivity contribution in [3.05, 3.63) is 71.3 Å². The molecule has 0 fully saturated rings. The van der Waals surface area contributed by atoms with E-state index in [1.165, 1.54) is 36.0 Å². The van der Waals surface area contributed by atoms with Crippen molar-refractivity contribution >= 4 is 0 Å². The molecule has 0 spiro atoms. The predicted molar refractivity (Wildman–Crippen MR) is 100 cm³/mol. The van der Waals surface area contributed by atoms with Gasteiger partial charge in [-0.2, -0.15) is 0 Å². The van der Waals surface area contributed by atoms with Gasteiger partial charge in [-0.1, -0.05) is 74.4 Å². The summed E-state index contributed by atoms with van der Waals surface area (Å²) >= 11 is 0. The number of unbranched alkanes of at least 4 members (excludes halogenated alkanes) is 1. The fraction of sp³-hybridized carbons (Fsp3) is 0.455. The first-order valence-corrected chi connectivity index (χ1v) is 9.31. The number of benzene rings is 2. The summed E-state index contributed by atoms with van der Waals surface area (Å²) in [5.41, 5.74) is 4.20. The Morgan fingerprint density at radius 3 is 2.46 bits per heavy atom. The van der Waals surface area contributed by atoms with Crippen LogP contribution in [0.25, 0.3) is 0 Å². The third-order valence-electron chi connectivity index (χ3n) is 5.33. The summed E-state index contributed by atoms with van der Waals surface area (Å²) in [5.74, 6) is 0. The number of rotatable bonds is 6. The third kappa shape index (κ3) is 3.88. The van der Waals surface area contributed by atoms with Crippen LogP contribution in [0.2, 0.25) is 0 Å². The maximum Gasteiger partial charge on any atom is 0.0628 e. The van der Waals surface area contributed by atoms with Gasteiger partial charge in [-0.05, 0) is 36.0 Å². The van der Waals surface area contributed by atoms with Crippen LogP contribution < -0.4 is 0 Å². The molecular formula is C22H29NO. The Kier molecular flexibility index (Phi) is 6.06. The van der Waals surface area contributed by atoms with E-state index in [2.05, 4.69) is 60.4 Å². The zero-order valence-corrected chi connectivity index (χ0v) is 14.7. The van der Waals surface area contributed by atoms with Gasteiger partial charge < -0.3 is 5.11 Å². The molecule has 1 N–H and O–H groups in total. The van der Waals surface area contributed by atoms with Crippen LogP contribution in [0.1, 0.15) is 48.9 Å². The Bertz CT molecular complexity index is 625. The first-order chi connectivity index (χ1) is 11.8. The molecule has 0 aromatic heterocycles. The molecule has 1 aliphatic rings. The van der Waals surface area contributed by atoms with Crippen LogP contribution in [0, 0.1) is 0 Å². The van der Waals surface area contributed by atoms with E-state index < -0.39 is 0 Å². The molecule has 1 aliphatic heterocycles. The zero-order chi connectivity index (χ0) is 16.8. The van der Waals surface area contributed by atoms with Gasteiger partial charge in [-0.3, -0.25) is 4.90 Å². The highest BCUT2D eigenvalue weighted by Gasteiger charge is 2.29. The summed E-state index contributed by atoms with van der Waals surface area (Å²) in [6, 6.07) is 20.0. The first-order valence-electron chi connectivity index (χ1n) is 9.31. The molecule has 0 radical (unpaired) electrons. The van der Waals surface area contributed by atoms with Crippen LogP contribution in [-0.2, 0) is 12.8 Å². The lowest BCUT2D eigenvalue weighted by molar-refractivity contribution is 0.0804. The van der Waals surface area contributed by atoms with Crippen molar-refractivity contribution < 1.29 is 5.11 Å². The van der Waals surface area contributed by atoms with E-state index in [0.717, 1.165) is 19.4 Å². The fourth-order valence-electron chi connectivity index (χ4n) is 4.00. The Labute approximate surface area is 146 Å². The molecule has 0 unspecified atom stereocenters. The van der Waals surface area contributed by atoms with Crippen LogP contribution in [0.15, 0.2) is 54.6 Å². The summed E-state index contributed by atoms with van der Waals surface area (Å²) in [4.78, 5) is 2.56. The Hall–Kier alpha value is -1.64. The maximum atomic E-state index is 10.1. The van der Waals surface area contributed by atoms with Crippen LogP contribution in [0.5, 0.6) is 0 Å². The minimum atomic E-state index is 0.0994. The number of aliphatic hydroxyl groups is 1. The number of nitrogens with zero attached hydrogens (tertiary/aromatic N) is 1. The molecule has 1 heterocycles. The molecule has 24 heavy (non-hydrogen) atoms. The van der Waals surface area contributed by atoms with Crippen LogP contribution in [0.4, 0.5) is 0 Å². The Balaban J connectivity index is 1.89. The molecule has 2 atom stereocenters. The highest BCUT2D eigenvalue weighted by Crippen LogP contribution is 2.30. The van der Waals surface area contributed by atoms with Gasteiger partial charge in [-0.15, -0.1) is 0 Å². The van der Waals surface area contributed by atoms with Crippen molar-refractivity contribution in [3.63, 3.8) is 0 Å². The van der Waals surface area contributed by atoms with E-state index in [9.17, 15) is 5.11 Å². The second kappa shape index (κ2) is 8.46. The molecule has 0 saturated carbocycles. The van der Waals surface area contributed by atoms with Gasteiger partial charge >= 0.3 is 0 Å². The predicted octanol–water partition coefficient (Wildman–Crippen LogP) is 4.38. The Morgan fingerprint density at radius 1 is 1.04 bits per heavy atom. The molecule has 2 nitrogen and oxygen atoms in total. The lowest BCUT2D eigenvalue weighted by Gasteiger charge is -2.36. The molecule has 2 aromatic carbocycles. The standard InChI is InChI=1S/C22H29NO/c1-2-3-13-21-16-20-12-8-7-9-18(20)14-15-23(21)22(17-24)19-10-5-4-6-11-19/h4-12,21-22,24H,2-3,13-17H2,1H3/t21-,22+/m1/s1. The van der Waals surface area contributed by atoms with Crippen LogP contribution >= 0.6 is 0 Å². The zero-order valence-electron chi connectivity index (χ0n) is 14.7. The van der Waals surface area contributed by atoms with Crippen molar-refractivity contribution in [3.8, 4) is 0 Å². The first kappa shape index (κ1) is 17.2. The van der Waals surface area contributed by atoms with Crippen LogP contribution in [0.3, 0.4) is 0 Å². The van der Waals surface area contributed by atoms with E-state index >= 15 is 0 Å². The molecular weight excluding hydrogens is 294 g/mol. The maximum absolute atomic E-state index is 10.1. The largest absolute Gasteiger partial charge is 0.394 e. The molecule has 0 saturated heterocycles. The number of hydrogen-bond acceptors (Lipinski definition) is 2. The molecule has 128 valence electrons. The van der Waals surface area contributed by atoms with E-state index in [0.29, 0.717) is 6.04 Å². The SMILES string of the molecule is CCCC[C@@H]1Cc2ccccc2CCN1[C@@H](CO)c1ccccc1. The second-order valence-corrected chi connectivity index (χ2v) is 6.87. The number of aliphatic hydroxyl groups excluding tert-OH is 1. The Morgan fingerprint density at radius 2 is 1.75 bits per heavy atom. The van der Waals surface area contributed by atoms with Gasteiger partial charge in [-0.25, -0.2) is 0 Å². The van der Waals surface area contributed by atoms with Crippen LogP contribution in [-0.4, -0.2) is 29.2 Å². The highest BCUT2D eigenvalue weighted by molar-refractivity contribution is 5.30. The van der Waals surface area contributed by atoms with Gasteiger partial charge in [0.05, 0.1) is 12.6 Å². The molecule has 0 bridgehead atoms. The van der Waals surface area contributed by atoms with E-state index in [1.807, 2.05) is 6.07 Å². The van der Waals surface area contributed by atoms with Gasteiger partial charge in [0.25, 0.3) is 0 Å². The quantitative estimate of drug-likeness (QED) is 0.853. The van der Waals surface area contributed by atoms with Gasteiger partial charge in [0.2, 0.25) is 0 Å². The van der Waals surface area contributed by atoms with Crippen molar-refractivity contribution in [1.82, 2.24) is 4.90 Å². The second-order valence-electron chi connectivity index (χ2n) is 6.87. The third-order valence-corrected chi connectivity index (χ3v) is 5.33. The fourth-order valence-corrected chi connectivity index (χ4v) is 4.00. The molecule has 2 heteroatoms. The lowest BCUT2D eigenvalue weighted by Crippen LogP contribution is -2.41. The summed E-state index contributed by atoms with van der Waals surface area (Å²) < 4.78 is 0. The van der Waals surface area contributed by atoms with Crippen molar-refractivity contribution in [2.24, 2.45) is 0 Å². The van der Waals surface area contributed by atoms with E-state index in [-0.39, 0.29) is 12.6 Å². The normalized spacial score (nSPS) is 19.5. The smallest absolute Gasteiger partial charge is 0.0628 e. The minimum Gasteiger partial charge on any atom is -0.394 e. The summed E-state index contributed by atoms with van der Waals surface area (Å²) in [7, 11) is 0. The topological polar surface area (TPSA) is 23.5 Å². The van der Waals surface area contributed by atoms with E-state index in [1.54, 1.807) is 0 Å². The van der Waals surface area contributed by atoms with Gasteiger partial charge in [0, 0.05) is 12.6 Å². The van der Waals surface area contributed by atoms with Crippen molar-refractivity contribution in [1.29, 1.82) is 0 Å². The van der Waals surface area contributed by atoms with Crippen molar-refractivity contribution in [2.45, 2.75) is 51.1 Å². The molecule has 3 rings (SSSR count). The van der Waals surface area contributed by atoms with Gasteiger partial charge in [0.1, 0.15) is 0 Å². The average molecular weight is 323 g/mol. The highest BCUT2D eigenvalue weighted by atomic mass is 16.3. The molecule has 0 aliphatic carbocycles. The average Bonchev–Trinajstić information content (AvgIpc) is 2.81. The molecule has 2 aromatic rings. The van der Waals surface area contributed by atoms with Crippen molar-refractivity contribution in [2.75, 3.05) is 13.2 Å². The lowest BCUT2D eigenvalue weighted by atomic mass is 9.96. The molecule has 0 amide bonds. The summed E-state index contributed by atoms with van der Waals surface area (Å²) in [5, 5.41) is 10.1.